The Labute approximate surface area is 255 Å². The quantitative estimate of drug-likeness (QED) is 0.200. The number of allylic oxidation sites excluding steroid dienone is 1. The molecule has 1 aromatic heterocycles. The van der Waals surface area contributed by atoms with Crippen LogP contribution in [0.1, 0.15) is 26.7 Å². The Balaban J connectivity index is 1.97. The number of rotatable bonds is 12. The number of unbranched alkanes of at least 4 members (excludes halogenated alkanes) is 1. The van der Waals surface area contributed by atoms with Gasteiger partial charge in [0.15, 0.2) is 0 Å². The summed E-state index contributed by atoms with van der Waals surface area (Å²) >= 11 is 0. The summed E-state index contributed by atoms with van der Waals surface area (Å²) in [5, 5.41) is 6.24. The van der Waals surface area contributed by atoms with Crippen molar-refractivity contribution in [3.05, 3.63) is 72.9 Å². The van der Waals surface area contributed by atoms with Gasteiger partial charge in [-0.3, -0.25) is 19.6 Å². The Morgan fingerprint density at radius 1 is 1.16 bits per heavy atom. The molecule has 0 spiro atoms. The van der Waals surface area contributed by atoms with Crippen LogP contribution < -0.4 is 25.2 Å². The van der Waals surface area contributed by atoms with Gasteiger partial charge in [0.25, 0.3) is 0 Å². The van der Waals surface area contributed by atoms with E-state index < -0.39 is 0 Å². The topological polar surface area (TPSA) is 106 Å². The van der Waals surface area contributed by atoms with Gasteiger partial charge < -0.3 is 25.2 Å². The second-order valence-corrected chi connectivity index (χ2v) is 10.5. The van der Waals surface area contributed by atoms with Gasteiger partial charge in [-0.15, -0.1) is 0 Å². The summed E-state index contributed by atoms with van der Waals surface area (Å²) < 4.78 is 5.73. The Morgan fingerprint density at radius 3 is 2.51 bits per heavy atom. The fourth-order valence-electron chi connectivity index (χ4n) is 4.51. The molecule has 1 aromatic carbocycles. The summed E-state index contributed by atoms with van der Waals surface area (Å²) in [7, 11) is 9.39. The van der Waals surface area contributed by atoms with Crippen molar-refractivity contribution in [2.45, 2.75) is 26.7 Å². The number of carbonyl (C=O) groups excluding carboxylic acids is 2. The van der Waals surface area contributed by atoms with Crippen molar-refractivity contribution in [1.82, 2.24) is 14.8 Å². The molecule has 11 heteroatoms. The van der Waals surface area contributed by atoms with Gasteiger partial charge in [0, 0.05) is 68.8 Å². The van der Waals surface area contributed by atoms with E-state index in [1.807, 2.05) is 52.3 Å². The Hall–Kier alpha value is -4.64. The van der Waals surface area contributed by atoms with Crippen LogP contribution in [0.3, 0.4) is 0 Å². The molecule has 3 amide bonds. The van der Waals surface area contributed by atoms with Gasteiger partial charge in [-0.2, -0.15) is 0 Å². The van der Waals surface area contributed by atoms with E-state index in [4.69, 9.17) is 9.73 Å². The minimum atomic E-state index is -0.311. The molecule has 1 aliphatic heterocycles. The monoisotopic (exact) mass is 588 g/mol. The number of urea groups is 1. The van der Waals surface area contributed by atoms with Crippen molar-refractivity contribution in [2.75, 3.05) is 75.4 Å². The number of nitrogens with zero attached hydrogens (tertiary/aromatic N) is 6. The third-order valence-electron chi connectivity index (χ3n) is 6.92. The highest BCUT2D eigenvalue weighted by atomic mass is 16.5. The maximum Gasteiger partial charge on any atom is 0.329 e. The van der Waals surface area contributed by atoms with Crippen LogP contribution in [0.2, 0.25) is 0 Å². The van der Waals surface area contributed by atoms with E-state index in [-0.39, 0.29) is 11.9 Å². The molecule has 0 saturated carbocycles. The first-order valence-electron chi connectivity index (χ1n) is 14.3. The van der Waals surface area contributed by atoms with Gasteiger partial charge in [0.1, 0.15) is 11.6 Å². The maximum absolute atomic E-state index is 13.2. The number of hydrogen-bond donors (Lipinski definition) is 2. The number of methoxy groups -OCH3 is 1. The lowest BCUT2D eigenvalue weighted by molar-refractivity contribution is -0.111. The molecule has 0 unspecified atom stereocenters. The van der Waals surface area contributed by atoms with Gasteiger partial charge in [0.2, 0.25) is 5.91 Å². The zero-order valence-corrected chi connectivity index (χ0v) is 26.3. The highest BCUT2D eigenvalue weighted by Gasteiger charge is 2.31. The number of nitrogens with one attached hydrogen (secondary N) is 2. The molecule has 3 rings (SSSR count). The number of carbonyl (C=O) groups is 2. The molecule has 11 nitrogen and oxygen atoms in total. The lowest BCUT2D eigenvalue weighted by atomic mass is 10.1. The molecule has 1 fully saturated rings. The molecule has 230 valence electrons. The van der Waals surface area contributed by atoms with Crippen molar-refractivity contribution in [3.63, 3.8) is 0 Å². The van der Waals surface area contributed by atoms with E-state index in [1.165, 1.54) is 6.08 Å². The number of pyridine rings is 1. The van der Waals surface area contributed by atoms with Gasteiger partial charge >= 0.3 is 6.03 Å². The minimum absolute atomic E-state index is 0.112. The Morgan fingerprint density at radius 2 is 1.88 bits per heavy atom. The average Bonchev–Trinajstić information content (AvgIpc) is 3.00. The maximum atomic E-state index is 13.2. The van der Waals surface area contributed by atoms with Gasteiger partial charge in [-0.05, 0) is 51.7 Å². The fraction of sp³-hybridized carbons (Fsp3) is 0.375. The molecule has 1 saturated heterocycles. The van der Waals surface area contributed by atoms with Crippen LogP contribution in [0.4, 0.5) is 27.5 Å². The van der Waals surface area contributed by atoms with Crippen LogP contribution in [-0.2, 0) is 4.79 Å². The highest BCUT2D eigenvalue weighted by molar-refractivity contribution is 6.03. The number of amidine groups is 1. The van der Waals surface area contributed by atoms with Crippen molar-refractivity contribution < 1.29 is 14.3 Å². The summed E-state index contributed by atoms with van der Waals surface area (Å²) in [4.78, 5) is 41.9. The summed E-state index contributed by atoms with van der Waals surface area (Å²) in [5.41, 5.74) is 4.57. The van der Waals surface area contributed by atoms with E-state index >= 15 is 0 Å². The summed E-state index contributed by atoms with van der Waals surface area (Å²) in [6.45, 7) is 9.49. The van der Waals surface area contributed by atoms with Crippen molar-refractivity contribution in [3.8, 4) is 5.75 Å². The minimum Gasteiger partial charge on any atom is -0.494 e. The lowest BCUT2D eigenvalue weighted by Crippen LogP contribution is -2.47. The molecular formula is C32H44N8O3. The van der Waals surface area contributed by atoms with E-state index in [0.29, 0.717) is 29.5 Å². The van der Waals surface area contributed by atoms with E-state index in [0.717, 1.165) is 48.6 Å². The highest BCUT2D eigenvalue weighted by Crippen LogP contribution is 2.37. The lowest BCUT2D eigenvalue weighted by Gasteiger charge is -2.36. The van der Waals surface area contributed by atoms with Crippen LogP contribution >= 0.6 is 0 Å². The summed E-state index contributed by atoms with van der Waals surface area (Å²) in [5.74, 6) is 0.890. The molecule has 0 bridgehead atoms. The van der Waals surface area contributed by atoms with E-state index in [9.17, 15) is 9.59 Å². The van der Waals surface area contributed by atoms with Crippen molar-refractivity contribution in [2.24, 2.45) is 4.99 Å². The predicted molar refractivity (Wildman–Crippen MR) is 176 cm³/mol. The molecule has 43 heavy (non-hydrogen) atoms. The zero-order valence-electron chi connectivity index (χ0n) is 26.3. The van der Waals surface area contributed by atoms with Crippen molar-refractivity contribution in [1.29, 1.82) is 0 Å². The first-order chi connectivity index (χ1) is 20.6. The van der Waals surface area contributed by atoms with Gasteiger partial charge in [-0.1, -0.05) is 26.0 Å². The number of anilines is 4. The normalized spacial score (nSPS) is 15.7. The molecule has 2 heterocycles. The van der Waals surface area contributed by atoms with Crippen molar-refractivity contribution >= 4 is 40.5 Å². The Bertz CT molecular complexity index is 1380. The molecule has 0 aliphatic carbocycles. The molecule has 2 aromatic rings. The first-order valence-corrected chi connectivity index (χ1v) is 14.3. The molecule has 2 N–H and O–H groups in total. The number of aromatic nitrogens is 1. The number of aliphatic imine (C=N–C) groups is 1. The molecule has 1 aliphatic rings. The standard InChI is InChI=1S/C32H44N8O3/c1-9-11-12-28-24(22-40(32(42)39(28)7)25-13-15-33-16-14-25)21-34-23(3)35-27-19-26(36-31(41)10-2)29(20-30(27)43-8)38(6)18-17-37(4)5/h10,12-16,19-21H,2,9,11,17-18,22H2,1,3-8H3,(H,34,35)(H,36,41)/b24-21-,28-12-. The van der Waals surface area contributed by atoms with Gasteiger partial charge in [-0.25, -0.2) is 9.79 Å². The number of likely N-dealkylation sites (N-methyl/N-ethyl adjacent to an activating group) is 3. The molecule has 0 atom stereocenters. The molecule has 0 radical (unpaired) electrons. The van der Waals surface area contributed by atoms with Gasteiger partial charge in [0.05, 0.1) is 30.7 Å². The van der Waals surface area contributed by atoms with E-state index in [1.54, 1.807) is 42.6 Å². The summed E-state index contributed by atoms with van der Waals surface area (Å²) in [6, 6.07) is 7.24. The largest absolute Gasteiger partial charge is 0.494 e. The predicted octanol–water partition coefficient (Wildman–Crippen LogP) is 5.18. The smallest absolute Gasteiger partial charge is 0.329 e. The third-order valence-corrected chi connectivity index (χ3v) is 6.92. The fourth-order valence-corrected chi connectivity index (χ4v) is 4.51. The Kier molecular flexibility index (Phi) is 11.9. The average molecular weight is 589 g/mol. The molecular weight excluding hydrogens is 544 g/mol. The van der Waals surface area contributed by atoms with Crippen LogP contribution in [0, 0.1) is 0 Å². The second-order valence-electron chi connectivity index (χ2n) is 10.5. The number of hydrogen-bond acceptors (Lipinski definition) is 7. The number of amides is 3. The van der Waals surface area contributed by atoms with Crippen LogP contribution in [0.15, 0.2) is 77.9 Å². The number of benzene rings is 1. The first kappa shape index (κ1) is 32.9. The zero-order chi connectivity index (χ0) is 31.5. The van der Waals surface area contributed by atoms with Crippen LogP contribution in [0.25, 0.3) is 0 Å². The SMILES string of the molecule is C=CC(=O)Nc1cc(NC(C)=N/C=C2/CN(c3ccncc3)C(=O)N(C)/C2=C\CCC)c(OC)cc1N(C)CCN(C)C. The van der Waals surface area contributed by atoms with Crippen LogP contribution in [0.5, 0.6) is 5.75 Å². The summed E-state index contributed by atoms with van der Waals surface area (Å²) in [6.07, 6.45) is 10.3. The number of ether oxygens (including phenoxy) is 1. The van der Waals surface area contributed by atoms with E-state index in [2.05, 4.69) is 45.0 Å². The van der Waals surface area contributed by atoms with Crippen LogP contribution in [-0.4, -0.2) is 87.5 Å². The second kappa shape index (κ2) is 15.5. The third kappa shape index (κ3) is 8.68.